The van der Waals surface area contributed by atoms with E-state index >= 15 is 0 Å². The largest absolute Gasteiger partial charge is 0.392 e. The summed E-state index contributed by atoms with van der Waals surface area (Å²) in [5.74, 6) is -2.53. The number of carbonyl (C=O) groups excluding carboxylic acids is 2. The molecule has 1 aliphatic carbocycles. The second-order valence-electron chi connectivity index (χ2n) is 3.02. The first kappa shape index (κ1) is 7.46. The van der Waals surface area contributed by atoms with Gasteiger partial charge in [-0.05, 0) is 18.9 Å². The van der Waals surface area contributed by atoms with E-state index in [4.69, 9.17) is 0 Å². The molecule has 0 saturated carbocycles. The zero-order chi connectivity index (χ0) is 8.72. The molecule has 0 aromatic heterocycles. The summed E-state index contributed by atoms with van der Waals surface area (Å²) in [6.07, 6.45) is 1.82. The van der Waals surface area contributed by atoms with Crippen LogP contribution in [0.4, 0.5) is 4.39 Å². The summed E-state index contributed by atoms with van der Waals surface area (Å²) in [6.45, 7) is 0. The zero-order valence-corrected chi connectivity index (χ0v) is 6.25. The number of hydrogen-bond acceptors (Lipinski definition) is 3. The van der Waals surface area contributed by atoms with Crippen LogP contribution in [0.25, 0.3) is 0 Å². The van der Waals surface area contributed by atoms with Gasteiger partial charge in [0.25, 0.3) is 0 Å². The van der Waals surface area contributed by atoms with Crippen LogP contribution in [-0.2, 0) is 14.3 Å². The van der Waals surface area contributed by atoms with Crippen molar-refractivity contribution in [2.45, 2.75) is 12.8 Å². The lowest BCUT2D eigenvalue weighted by Crippen LogP contribution is -2.19. The maximum absolute atomic E-state index is 12.7. The zero-order valence-electron chi connectivity index (χ0n) is 6.25. The molecule has 0 unspecified atom stereocenters. The van der Waals surface area contributed by atoms with Gasteiger partial charge in [0, 0.05) is 0 Å². The molecule has 0 aromatic rings. The van der Waals surface area contributed by atoms with Gasteiger partial charge in [-0.2, -0.15) is 0 Å². The van der Waals surface area contributed by atoms with Crippen LogP contribution in [0.3, 0.4) is 0 Å². The van der Waals surface area contributed by atoms with Crippen molar-refractivity contribution in [2.24, 2.45) is 11.8 Å². The SMILES string of the molecule is O=C1OC(=O)[C@@H]2C=C(F)CC[C@H]12. The number of esters is 2. The summed E-state index contributed by atoms with van der Waals surface area (Å²) < 4.78 is 17.0. The van der Waals surface area contributed by atoms with Crippen LogP contribution in [0, 0.1) is 11.8 Å². The third-order valence-electron chi connectivity index (χ3n) is 2.26. The Morgan fingerprint density at radius 1 is 1.42 bits per heavy atom. The molecule has 0 N–H and O–H groups in total. The lowest BCUT2D eigenvalue weighted by molar-refractivity contribution is -0.153. The smallest absolute Gasteiger partial charge is 0.321 e. The summed E-state index contributed by atoms with van der Waals surface area (Å²) in [5, 5.41) is 0. The van der Waals surface area contributed by atoms with E-state index in [-0.39, 0.29) is 12.2 Å². The monoisotopic (exact) mass is 170 g/mol. The molecule has 2 rings (SSSR count). The fourth-order valence-electron chi connectivity index (χ4n) is 1.61. The average molecular weight is 170 g/mol. The average Bonchev–Trinajstić information content (AvgIpc) is 2.28. The molecule has 4 heteroatoms. The van der Waals surface area contributed by atoms with Crippen molar-refractivity contribution in [3.05, 3.63) is 11.9 Å². The predicted molar refractivity (Wildman–Crippen MR) is 36.5 cm³/mol. The van der Waals surface area contributed by atoms with E-state index < -0.39 is 23.8 Å². The highest BCUT2D eigenvalue weighted by atomic mass is 19.1. The number of fused-ring (bicyclic) bond motifs is 1. The number of carbonyl (C=O) groups is 2. The Labute approximate surface area is 68.2 Å². The Morgan fingerprint density at radius 2 is 2.17 bits per heavy atom. The van der Waals surface area contributed by atoms with Gasteiger partial charge in [-0.3, -0.25) is 9.59 Å². The highest BCUT2D eigenvalue weighted by molar-refractivity contribution is 5.97. The Balaban J connectivity index is 2.32. The molecule has 64 valence electrons. The van der Waals surface area contributed by atoms with E-state index in [0.717, 1.165) is 0 Å². The highest BCUT2D eigenvalue weighted by Crippen LogP contribution is 2.35. The molecule has 1 aliphatic heterocycles. The van der Waals surface area contributed by atoms with Crippen molar-refractivity contribution < 1.29 is 18.7 Å². The molecule has 2 atom stereocenters. The Morgan fingerprint density at radius 3 is 2.92 bits per heavy atom. The van der Waals surface area contributed by atoms with E-state index in [0.29, 0.717) is 6.42 Å². The van der Waals surface area contributed by atoms with E-state index in [1.54, 1.807) is 0 Å². The minimum Gasteiger partial charge on any atom is -0.392 e. The van der Waals surface area contributed by atoms with Gasteiger partial charge < -0.3 is 4.74 Å². The van der Waals surface area contributed by atoms with Crippen molar-refractivity contribution in [3.8, 4) is 0 Å². The molecule has 12 heavy (non-hydrogen) atoms. The third-order valence-corrected chi connectivity index (χ3v) is 2.26. The molecule has 1 heterocycles. The van der Waals surface area contributed by atoms with Crippen molar-refractivity contribution in [2.75, 3.05) is 0 Å². The van der Waals surface area contributed by atoms with Gasteiger partial charge in [-0.1, -0.05) is 0 Å². The minimum atomic E-state index is -0.661. The summed E-state index contributed by atoms with van der Waals surface area (Å²) >= 11 is 0. The first-order valence-corrected chi connectivity index (χ1v) is 3.80. The highest BCUT2D eigenvalue weighted by Gasteiger charge is 2.44. The molecule has 3 nitrogen and oxygen atoms in total. The number of allylic oxidation sites excluding steroid dienone is 1. The van der Waals surface area contributed by atoms with Gasteiger partial charge in [0.05, 0.1) is 17.7 Å². The lowest BCUT2D eigenvalue weighted by Gasteiger charge is -2.14. The normalized spacial score (nSPS) is 34.2. The summed E-state index contributed by atoms with van der Waals surface area (Å²) in [5.41, 5.74) is 0. The fraction of sp³-hybridized carbons (Fsp3) is 0.500. The number of ether oxygens (including phenoxy) is 1. The van der Waals surface area contributed by atoms with Gasteiger partial charge in [-0.15, -0.1) is 0 Å². The van der Waals surface area contributed by atoms with Gasteiger partial charge >= 0.3 is 11.9 Å². The number of rotatable bonds is 0. The van der Waals surface area contributed by atoms with Crippen molar-refractivity contribution in [3.63, 3.8) is 0 Å². The Hall–Kier alpha value is -1.19. The van der Waals surface area contributed by atoms with E-state index in [9.17, 15) is 14.0 Å². The van der Waals surface area contributed by atoms with Crippen LogP contribution in [0.15, 0.2) is 11.9 Å². The molecule has 0 bridgehead atoms. The number of halogens is 1. The topological polar surface area (TPSA) is 43.4 Å². The van der Waals surface area contributed by atoms with Crippen molar-refractivity contribution in [1.82, 2.24) is 0 Å². The molecule has 1 saturated heterocycles. The van der Waals surface area contributed by atoms with Crippen LogP contribution in [-0.4, -0.2) is 11.9 Å². The maximum atomic E-state index is 12.7. The van der Waals surface area contributed by atoms with E-state index in [1.165, 1.54) is 6.08 Å². The molecule has 0 amide bonds. The van der Waals surface area contributed by atoms with Crippen LogP contribution < -0.4 is 0 Å². The first-order chi connectivity index (χ1) is 5.68. The Bertz CT molecular complexity index is 282. The van der Waals surface area contributed by atoms with Crippen LogP contribution in [0.1, 0.15) is 12.8 Å². The lowest BCUT2D eigenvalue weighted by atomic mass is 9.85. The van der Waals surface area contributed by atoms with E-state index in [1.807, 2.05) is 0 Å². The van der Waals surface area contributed by atoms with Gasteiger partial charge in [0.15, 0.2) is 0 Å². The fourth-order valence-corrected chi connectivity index (χ4v) is 1.61. The summed E-state index contributed by atoms with van der Waals surface area (Å²) in [4.78, 5) is 21.8. The van der Waals surface area contributed by atoms with Crippen molar-refractivity contribution in [1.29, 1.82) is 0 Å². The van der Waals surface area contributed by atoms with Gasteiger partial charge in [0.2, 0.25) is 0 Å². The molecular weight excluding hydrogens is 163 g/mol. The standard InChI is InChI=1S/C8H7FO3/c9-4-1-2-5-6(3-4)8(11)12-7(5)10/h3,5-6H,1-2H2/t5-,6+/m0/s1. The van der Waals surface area contributed by atoms with Crippen LogP contribution >= 0.6 is 0 Å². The molecule has 2 aliphatic rings. The predicted octanol–water partition coefficient (Wildman–Crippen LogP) is 0.949. The van der Waals surface area contributed by atoms with Crippen LogP contribution in [0.2, 0.25) is 0 Å². The van der Waals surface area contributed by atoms with Gasteiger partial charge in [-0.25, -0.2) is 4.39 Å². The quantitative estimate of drug-likeness (QED) is 0.401. The second kappa shape index (κ2) is 2.40. The second-order valence-corrected chi connectivity index (χ2v) is 3.02. The van der Waals surface area contributed by atoms with Crippen molar-refractivity contribution >= 4 is 11.9 Å². The third kappa shape index (κ3) is 0.948. The number of cyclic esters (lactones) is 2. The van der Waals surface area contributed by atoms with E-state index in [2.05, 4.69) is 4.74 Å². The molecule has 0 spiro atoms. The first-order valence-electron chi connectivity index (χ1n) is 3.80. The summed E-state index contributed by atoms with van der Waals surface area (Å²) in [7, 11) is 0. The molecule has 1 fully saturated rings. The Kier molecular flexibility index (Phi) is 1.49. The molecule has 0 aromatic carbocycles. The van der Waals surface area contributed by atoms with Crippen LogP contribution in [0.5, 0.6) is 0 Å². The molecular formula is C8H7FO3. The summed E-state index contributed by atoms with van der Waals surface area (Å²) in [6, 6.07) is 0. The minimum absolute atomic E-state index is 0.240. The van der Waals surface area contributed by atoms with Gasteiger partial charge in [0.1, 0.15) is 0 Å². The number of hydrogen-bond donors (Lipinski definition) is 0. The molecule has 0 radical (unpaired) electrons. The maximum Gasteiger partial charge on any atom is 0.321 e.